The van der Waals surface area contributed by atoms with Crippen LogP contribution in [0.5, 0.6) is 0 Å². The van der Waals surface area contributed by atoms with Crippen LogP contribution in [0.4, 0.5) is 8.78 Å². The summed E-state index contributed by atoms with van der Waals surface area (Å²) in [6, 6.07) is 19.9. The Morgan fingerprint density at radius 3 is 2.32 bits per heavy atom. The van der Waals surface area contributed by atoms with Gasteiger partial charge in [-0.15, -0.1) is 10.2 Å². The van der Waals surface area contributed by atoms with Crippen molar-refractivity contribution >= 4 is 23.4 Å². The highest BCUT2D eigenvalue weighted by Gasteiger charge is 2.20. The Kier molecular flexibility index (Phi) is 5.41. The van der Waals surface area contributed by atoms with Crippen LogP contribution in [0.2, 0.25) is 5.02 Å². The number of aromatic nitrogens is 3. The summed E-state index contributed by atoms with van der Waals surface area (Å²) in [4.78, 5) is 0. The lowest BCUT2D eigenvalue weighted by Crippen LogP contribution is -2.02. The molecule has 0 N–H and O–H groups in total. The van der Waals surface area contributed by atoms with Crippen LogP contribution in [0.3, 0.4) is 0 Å². The lowest BCUT2D eigenvalue weighted by Gasteiger charge is -2.12. The second-order valence-corrected chi connectivity index (χ2v) is 7.34. The van der Waals surface area contributed by atoms with Crippen LogP contribution in [0.25, 0.3) is 17.1 Å². The number of thioether (sulfide) groups is 1. The zero-order valence-electron chi connectivity index (χ0n) is 14.5. The summed E-state index contributed by atoms with van der Waals surface area (Å²) < 4.78 is 29.4. The van der Waals surface area contributed by atoms with Crippen molar-refractivity contribution in [3.05, 3.63) is 95.0 Å². The van der Waals surface area contributed by atoms with Gasteiger partial charge in [-0.25, -0.2) is 8.78 Å². The van der Waals surface area contributed by atoms with E-state index in [-0.39, 0.29) is 11.6 Å². The number of nitrogens with zero attached hydrogens (tertiary/aromatic N) is 3. The molecule has 140 valence electrons. The van der Waals surface area contributed by atoms with Crippen LogP contribution in [-0.2, 0) is 5.75 Å². The summed E-state index contributed by atoms with van der Waals surface area (Å²) in [5.41, 5.74) is 1.92. The van der Waals surface area contributed by atoms with Gasteiger partial charge in [-0.2, -0.15) is 0 Å². The highest BCUT2D eigenvalue weighted by molar-refractivity contribution is 7.98. The zero-order chi connectivity index (χ0) is 19.5. The number of hydrogen-bond donors (Lipinski definition) is 0. The highest BCUT2D eigenvalue weighted by Crippen LogP contribution is 2.33. The van der Waals surface area contributed by atoms with Crippen LogP contribution in [0.15, 0.2) is 78.0 Å². The fourth-order valence-electron chi connectivity index (χ4n) is 2.76. The first-order valence-corrected chi connectivity index (χ1v) is 9.82. The molecule has 1 heterocycles. The molecule has 0 aliphatic carbocycles. The number of halogens is 3. The molecule has 28 heavy (non-hydrogen) atoms. The third kappa shape index (κ3) is 3.79. The maximum absolute atomic E-state index is 14.6. The van der Waals surface area contributed by atoms with Crippen molar-refractivity contribution in [1.29, 1.82) is 0 Å². The van der Waals surface area contributed by atoms with Gasteiger partial charge in [0.1, 0.15) is 11.6 Å². The molecule has 4 aromatic rings. The van der Waals surface area contributed by atoms with Crippen LogP contribution < -0.4 is 0 Å². The quantitative estimate of drug-likeness (QED) is 0.367. The van der Waals surface area contributed by atoms with Crippen LogP contribution in [-0.4, -0.2) is 14.8 Å². The smallest absolute Gasteiger partial charge is 0.196 e. The molecule has 0 amide bonds. The maximum atomic E-state index is 14.6. The van der Waals surface area contributed by atoms with Gasteiger partial charge in [0.25, 0.3) is 0 Å². The number of rotatable bonds is 5. The molecule has 0 bridgehead atoms. The largest absolute Gasteiger partial charge is 0.267 e. The van der Waals surface area contributed by atoms with Gasteiger partial charge in [0.2, 0.25) is 0 Å². The van der Waals surface area contributed by atoms with E-state index in [1.807, 2.05) is 18.2 Å². The van der Waals surface area contributed by atoms with E-state index in [4.69, 9.17) is 11.6 Å². The summed E-state index contributed by atoms with van der Waals surface area (Å²) in [5.74, 6) is 0.316. The Bertz CT molecular complexity index is 1110. The molecular weight excluding hydrogens is 400 g/mol. The minimum Gasteiger partial charge on any atom is -0.267 e. The van der Waals surface area contributed by atoms with E-state index >= 15 is 0 Å². The van der Waals surface area contributed by atoms with Gasteiger partial charge in [-0.3, -0.25) is 4.57 Å². The van der Waals surface area contributed by atoms with Gasteiger partial charge in [0.15, 0.2) is 11.0 Å². The predicted molar refractivity (Wildman–Crippen MR) is 108 cm³/mol. The minimum atomic E-state index is -0.390. The summed E-state index contributed by atoms with van der Waals surface area (Å²) in [6.07, 6.45) is 0. The third-order valence-electron chi connectivity index (χ3n) is 4.12. The normalized spacial score (nSPS) is 11.0. The molecule has 0 radical (unpaired) electrons. The van der Waals surface area contributed by atoms with Crippen molar-refractivity contribution < 1.29 is 8.78 Å². The average molecular weight is 414 g/mol. The Labute approximate surface area is 170 Å². The van der Waals surface area contributed by atoms with Gasteiger partial charge in [-0.05, 0) is 42.0 Å². The second kappa shape index (κ2) is 8.12. The van der Waals surface area contributed by atoms with Crippen molar-refractivity contribution in [2.24, 2.45) is 0 Å². The molecule has 0 aliphatic rings. The molecule has 0 saturated carbocycles. The fourth-order valence-corrected chi connectivity index (χ4v) is 3.88. The Morgan fingerprint density at radius 1 is 0.857 bits per heavy atom. The molecule has 0 saturated heterocycles. The maximum Gasteiger partial charge on any atom is 0.196 e. The summed E-state index contributed by atoms with van der Waals surface area (Å²) in [5, 5.41) is 9.55. The van der Waals surface area contributed by atoms with Gasteiger partial charge in [0.05, 0.1) is 10.7 Å². The predicted octanol–water partition coefficient (Wildman–Crippen LogP) is 6.16. The monoisotopic (exact) mass is 413 g/mol. The first kappa shape index (κ1) is 18.7. The van der Waals surface area contributed by atoms with E-state index in [9.17, 15) is 8.78 Å². The zero-order valence-corrected chi connectivity index (χ0v) is 16.1. The molecule has 1 aromatic heterocycles. The molecule has 0 fully saturated rings. The fraction of sp³-hybridized carbons (Fsp3) is 0.0476. The van der Waals surface area contributed by atoms with Gasteiger partial charge in [-0.1, -0.05) is 59.8 Å². The standard InChI is InChI=1S/C21H14ClF2N3S/c22-17-6-2-1-5-16(17)20-25-26-21(27(20)19-8-4-3-7-18(19)24)28-13-14-9-11-15(23)12-10-14/h1-12H,13H2. The Balaban J connectivity index is 1.77. The van der Waals surface area contributed by atoms with Crippen LogP contribution >= 0.6 is 23.4 Å². The summed E-state index contributed by atoms with van der Waals surface area (Å²) in [6.45, 7) is 0. The van der Waals surface area contributed by atoms with Crippen molar-refractivity contribution in [1.82, 2.24) is 14.8 Å². The van der Waals surface area contributed by atoms with Gasteiger partial charge >= 0.3 is 0 Å². The van der Waals surface area contributed by atoms with E-state index in [1.54, 1.807) is 41.0 Å². The highest BCUT2D eigenvalue weighted by atomic mass is 35.5. The molecule has 4 rings (SSSR count). The topological polar surface area (TPSA) is 30.7 Å². The molecule has 0 spiro atoms. The molecular formula is C21H14ClF2N3S. The first-order valence-electron chi connectivity index (χ1n) is 8.46. The van der Waals surface area contributed by atoms with E-state index in [2.05, 4.69) is 10.2 Å². The first-order chi connectivity index (χ1) is 13.6. The number of hydrogen-bond acceptors (Lipinski definition) is 3. The van der Waals surface area contributed by atoms with Gasteiger partial charge in [0, 0.05) is 11.3 Å². The van der Waals surface area contributed by atoms with Crippen LogP contribution in [0, 0.1) is 11.6 Å². The second-order valence-electron chi connectivity index (χ2n) is 5.99. The van der Waals surface area contributed by atoms with Crippen LogP contribution in [0.1, 0.15) is 5.56 Å². The molecule has 0 aliphatic heterocycles. The Hall–Kier alpha value is -2.70. The molecule has 7 heteroatoms. The lowest BCUT2D eigenvalue weighted by atomic mass is 10.2. The number of benzene rings is 3. The van der Waals surface area contributed by atoms with Crippen molar-refractivity contribution in [2.75, 3.05) is 0 Å². The van der Waals surface area contributed by atoms with Crippen molar-refractivity contribution in [2.45, 2.75) is 10.9 Å². The van der Waals surface area contributed by atoms with Crippen molar-refractivity contribution in [3.63, 3.8) is 0 Å². The lowest BCUT2D eigenvalue weighted by molar-refractivity contribution is 0.613. The molecule has 0 unspecified atom stereocenters. The SMILES string of the molecule is Fc1ccc(CSc2nnc(-c3ccccc3Cl)n2-c2ccccc2F)cc1. The average Bonchev–Trinajstić information content (AvgIpc) is 3.12. The van der Waals surface area contributed by atoms with Gasteiger partial charge < -0.3 is 0 Å². The summed E-state index contributed by atoms with van der Waals surface area (Å²) >= 11 is 7.73. The molecule has 3 aromatic carbocycles. The van der Waals surface area contributed by atoms with Crippen molar-refractivity contribution in [3.8, 4) is 17.1 Å². The number of para-hydroxylation sites is 1. The molecule has 0 atom stereocenters. The van der Waals surface area contributed by atoms with E-state index in [0.29, 0.717) is 33.0 Å². The van der Waals surface area contributed by atoms with E-state index < -0.39 is 0 Å². The minimum absolute atomic E-state index is 0.288. The van der Waals surface area contributed by atoms with E-state index in [1.165, 1.54) is 30.0 Å². The Morgan fingerprint density at radius 2 is 1.57 bits per heavy atom. The third-order valence-corrected chi connectivity index (χ3v) is 5.45. The molecule has 3 nitrogen and oxygen atoms in total. The summed E-state index contributed by atoms with van der Waals surface area (Å²) in [7, 11) is 0. The van der Waals surface area contributed by atoms with E-state index in [0.717, 1.165) is 5.56 Å².